The summed E-state index contributed by atoms with van der Waals surface area (Å²) in [4.78, 5) is 20.0. The summed E-state index contributed by atoms with van der Waals surface area (Å²) >= 11 is 0. The monoisotopic (exact) mass is 582 g/mol. The molecular formula is C34H58N6O2. The van der Waals surface area contributed by atoms with Crippen LogP contribution in [0.4, 0.5) is 0 Å². The van der Waals surface area contributed by atoms with Crippen LogP contribution in [0.15, 0.2) is 18.3 Å². The maximum atomic E-state index is 12.3. The Morgan fingerprint density at radius 2 is 1.79 bits per heavy atom. The van der Waals surface area contributed by atoms with Crippen molar-refractivity contribution in [3.05, 3.63) is 29.5 Å². The lowest BCUT2D eigenvalue weighted by Crippen LogP contribution is -2.54. The van der Waals surface area contributed by atoms with Gasteiger partial charge >= 0.3 is 5.97 Å². The van der Waals surface area contributed by atoms with Crippen LogP contribution in [0.2, 0.25) is 0 Å². The third-order valence-corrected chi connectivity index (χ3v) is 9.49. The second-order valence-corrected chi connectivity index (χ2v) is 13.3. The number of esters is 1. The molecule has 2 aliphatic rings. The van der Waals surface area contributed by atoms with Crippen LogP contribution in [0, 0.1) is 12.8 Å². The Balaban J connectivity index is 1.16. The first kappa shape index (κ1) is 32.9. The zero-order valence-electron chi connectivity index (χ0n) is 27.0. The molecule has 236 valence electrons. The van der Waals surface area contributed by atoms with Crippen molar-refractivity contribution in [2.45, 2.75) is 110 Å². The number of rotatable bonds is 16. The van der Waals surface area contributed by atoms with Crippen molar-refractivity contribution in [1.82, 2.24) is 24.5 Å². The highest BCUT2D eigenvalue weighted by Crippen LogP contribution is 2.22. The fraction of sp³-hybridized carbons (Fsp3) is 0.765. The number of likely N-dealkylation sites (tertiary alicyclic amines) is 1. The first-order valence-electron chi connectivity index (χ1n) is 16.8. The zero-order valence-corrected chi connectivity index (χ0v) is 27.0. The number of hydrogen-bond acceptors (Lipinski definition) is 7. The maximum Gasteiger partial charge on any atom is 0.307 e. The Labute approximate surface area is 254 Å². The lowest BCUT2D eigenvalue weighted by molar-refractivity contribution is -0.148. The van der Waals surface area contributed by atoms with Crippen molar-refractivity contribution in [2.75, 3.05) is 52.9 Å². The van der Waals surface area contributed by atoms with Gasteiger partial charge in [0, 0.05) is 62.8 Å². The molecule has 2 saturated heterocycles. The van der Waals surface area contributed by atoms with E-state index in [1.165, 1.54) is 63.6 Å². The van der Waals surface area contributed by atoms with E-state index in [1.807, 2.05) is 6.20 Å². The van der Waals surface area contributed by atoms with E-state index in [9.17, 15) is 4.79 Å². The van der Waals surface area contributed by atoms with E-state index >= 15 is 0 Å². The standard InChI is InChI=1S/C34H58N6O2/c1-5-6-10-27(2)11-8-7-9-12-33(41)42-26-40-24-30-22-29(21-28(3)34(30)36-40)23-31(35)25-38-17-19-39(20-18-38)32-13-15-37(4)16-14-32/h21-22,24,27,31-32H,5-20,23,25-26,35H2,1-4H3/t27?,31-/m1/s1. The molecule has 0 amide bonds. The molecule has 8 nitrogen and oxygen atoms in total. The Morgan fingerprint density at radius 1 is 1.05 bits per heavy atom. The van der Waals surface area contributed by atoms with E-state index in [0.29, 0.717) is 6.42 Å². The summed E-state index contributed by atoms with van der Waals surface area (Å²) in [6, 6.07) is 5.28. The minimum atomic E-state index is -0.135. The summed E-state index contributed by atoms with van der Waals surface area (Å²) in [6.07, 6.45) is 14.3. The van der Waals surface area contributed by atoms with Crippen LogP contribution < -0.4 is 5.73 Å². The van der Waals surface area contributed by atoms with Crippen molar-refractivity contribution >= 4 is 16.9 Å². The van der Waals surface area contributed by atoms with Crippen LogP contribution in [0.1, 0.15) is 89.2 Å². The van der Waals surface area contributed by atoms with Crippen LogP contribution in [0.3, 0.4) is 0 Å². The van der Waals surface area contributed by atoms with Gasteiger partial charge < -0.3 is 15.4 Å². The number of carbonyl (C=O) groups excluding carboxylic acids is 1. The second-order valence-electron chi connectivity index (χ2n) is 13.3. The number of unbranched alkanes of at least 4 members (excludes halogenated alkanes) is 3. The van der Waals surface area contributed by atoms with Gasteiger partial charge in [0.1, 0.15) is 0 Å². The fourth-order valence-electron chi connectivity index (χ4n) is 6.84. The molecule has 2 fully saturated rings. The summed E-state index contributed by atoms with van der Waals surface area (Å²) < 4.78 is 7.29. The first-order valence-corrected chi connectivity index (χ1v) is 16.8. The fourth-order valence-corrected chi connectivity index (χ4v) is 6.84. The Bertz CT molecular complexity index is 1090. The van der Waals surface area contributed by atoms with E-state index in [1.54, 1.807) is 4.68 Å². The SMILES string of the molecule is CCCCC(C)CCCCCC(=O)OCn1cc2cc(C[C@@H](N)CN3CCN(C4CCN(C)CC4)CC3)cc(C)c2n1. The van der Waals surface area contributed by atoms with Crippen LogP contribution in [-0.4, -0.2) is 95.4 Å². The molecule has 3 heterocycles. The maximum absolute atomic E-state index is 12.3. The normalized spacial score (nSPS) is 19.4. The lowest BCUT2D eigenvalue weighted by Gasteiger charge is -2.42. The smallest absolute Gasteiger partial charge is 0.307 e. The number of carbonyl (C=O) groups is 1. The van der Waals surface area contributed by atoms with Gasteiger partial charge in [0.15, 0.2) is 6.73 Å². The molecule has 0 aliphatic carbocycles. The highest BCUT2D eigenvalue weighted by molar-refractivity contribution is 5.82. The van der Waals surface area contributed by atoms with Gasteiger partial charge in [0.2, 0.25) is 0 Å². The van der Waals surface area contributed by atoms with Crippen LogP contribution >= 0.6 is 0 Å². The number of nitrogens with zero attached hydrogens (tertiary/aromatic N) is 5. The van der Waals surface area contributed by atoms with E-state index < -0.39 is 0 Å². The van der Waals surface area contributed by atoms with Gasteiger partial charge in [0.25, 0.3) is 0 Å². The minimum Gasteiger partial charge on any atom is -0.442 e. The van der Waals surface area contributed by atoms with Gasteiger partial charge in [-0.2, -0.15) is 5.10 Å². The number of piperidine rings is 1. The Kier molecular flexibility index (Phi) is 13.1. The van der Waals surface area contributed by atoms with E-state index in [-0.39, 0.29) is 18.7 Å². The molecule has 2 atom stereocenters. The first-order chi connectivity index (χ1) is 20.3. The van der Waals surface area contributed by atoms with Crippen LogP contribution in [0.5, 0.6) is 0 Å². The van der Waals surface area contributed by atoms with E-state index in [4.69, 9.17) is 15.6 Å². The Hall–Kier alpha value is -2.00. The van der Waals surface area contributed by atoms with Gasteiger partial charge in [-0.3, -0.25) is 14.6 Å². The molecule has 8 heteroatoms. The average Bonchev–Trinajstić information content (AvgIpc) is 3.39. The molecule has 2 aliphatic heterocycles. The molecule has 1 aromatic heterocycles. The zero-order chi connectivity index (χ0) is 29.9. The van der Waals surface area contributed by atoms with Crippen LogP contribution in [0.25, 0.3) is 10.9 Å². The van der Waals surface area contributed by atoms with Gasteiger partial charge in [-0.25, -0.2) is 4.68 Å². The van der Waals surface area contributed by atoms with Crippen LogP contribution in [-0.2, 0) is 22.7 Å². The molecule has 1 aromatic carbocycles. The van der Waals surface area contributed by atoms with Gasteiger partial charge in [-0.05, 0) is 75.9 Å². The molecule has 0 bridgehead atoms. The van der Waals surface area contributed by atoms with Gasteiger partial charge in [-0.1, -0.05) is 58.4 Å². The van der Waals surface area contributed by atoms with Gasteiger partial charge in [-0.15, -0.1) is 0 Å². The molecule has 0 radical (unpaired) electrons. The van der Waals surface area contributed by atoms with Crippen molar-refractivity contribution in [3.8, 4) is 0 Å². The topological polar surface area (TPSA) is 79.9 Å². The van der Waals surface area contributed by atoms with Gasteiger partial charge in [0.05, 0.1) is 5.52 Å². The molecule has 42 heavy (non-hydrogen) atoms. The summed E-state index contributed by atoms with van der Waals surface area (Å²) in [5.41, 5.74) is 10.0. The highest BCUT2D eigenvalue weighted by atomic mass is 16.5. The predicted molar refractivity (Wildman–Crippen MR) is 173 cm³/mol. The molecule has 1 unspecified atom stereocenters. The Morgan fingerprint density at radius 3 is 2.52 bits per heavy atom. The number of benzene rings is 1. The molecule has 2 aromatic rings. The quantitative estimate of drug-likeness (QED) is 0.215. The number of hydrogen-bond donors (Lipinski definition) is 1. The molecule has 0 saturated carbocycles. The van der Waals surface area contributed by atoms with E-state index in [2.05, 4.69) is 54.7 Å². The predicted octanol–water partition coefficient (Wildman–Crippen LogP) is 5.20. The molecule has 2 N–H and O–H groups in total. The van der Waals surface area contributed by atoms with Crippen molar-refractivity contribution in [1.29, 1.82) is 0 Å². The minimum absolute atomic E-state index is 0.104. The molecule has 4 rings (SSSR count). The average molecular weight is 583 g/mol. The molecular weight excluding hydrogens is 524 g/mol. The number of nitrogens with two attached hydrogens (primary N) is 1. The number of ether oxygens (including phenoxy) is 1. The lowest BCUT2D eigenvalue weighted by atomic mass is 9.97. The summed E-state index contributed by atoms with van der Waals surface area (Å²) in [5, 5.41) is 5.77. The third-order valence-electron chi connectivity index (χ3n) is 9.49. The largest absolute Gasteiger partial charge is 0.442 e. The third kappa shape index (κ3) is 10.3. The van der Waals surface area contributed by atoms with Crippen molar-refractivity contribution in [3.63, 3.8) is 0 Å². The number of piperazine rings is 1. The molecule has 0 spiro atoms. The highest BCUT2D eigenvalue weighted by Gasteiger charge is 2.27. The summed E-state index contributed by atoms with van der Waals surface area (Å²) in [6.45, 7) is 14.8. The summed E-state index contributed by atoms with van der Waals surface area (Å²) in [5.74, 6) is 0.657. The number of aromatic nitrogens is 2. The second kappa shape index (κ2) is 16.7. The van der Waals surface area contributed by atoms with E-state index in [0.717, 1.165) is 80.4 Å². The van der Waals surface area contributed by atoms with Crippen molar-refractivity contribution in [2.24, 2.45) is 11.7 Å². The van der Waals surface area contributed by atoms with Crippen molar-refractivity contribution < 1.29 is 9.53 Å². The summed E-state index contributed by atoms with van der Waals surface area (Å²) in [7, 11) is 2.23. The number of fused-ring (bicyclic) bond motifs is 1. The number of aryl methyl sites for hydroxylation is 1.